The molecule has 0 unspecified atom stereocenters. The molecule has 3 heteroatoms. The Kier molecular flexibility index (Phi) is 5.30. The molecular formula is C29H23N3. The number of pyridine rings is 1. The Labute approximate surface area is 187 Å². The normalized spacial score (nSPS) is 11.8. The highest BCUT2D eigenvalue weighted by Gasteiger charge is 2.04. The van der Waals surface area contributed by atoms with Crippen molar-refractivity contribution in [3.05, 3.63) is 114 Å². The van der Waals surface area contributed by atoms with Crippen molar-refractivity contribution in [1.82, 2.24) is 4.98 Å². The van der Waals surface area contributed by atoms with Crippen molar-refractivity contribution in [3.8, 4) is 0 Å². The minimum absolute atomic E-state index is 0.802. The van der Waals surface area contributed by atoms with Crippen molar-refractivity contribution in [1.29, 1.82) is 0 Å². The first-order valence-electron chi connectivity index (χ1n) is 10.7. The number of hydrogen-bond donors (Lipinski definition) is 0. The van der Waals surface area contributed by atoms with Crippen molar-refractivity contribution in [3.63, 3.8) is 0 Å². The van der Waals surface area contributed by atoms with Crippen molar-refractivity contribution < 1.29 is 0 Å². The van der Waals surface area contributed by atoms with E-state index in [0.29, 0.717) is 0 Å². The van der Waals surface area contributed by atoms with Gasteiger partial charge in [0.15, 0.2) is 0 Å². The second-order valence-electron chi connectivity index (χ2n) is 7.91. The molecule has 0 saturated carbocycles. The van der Waals surface area contributed by atoms with Gasteiger partial charge in [0.05, 0.1) is 35.2 Å². The van der Waals surface area contributed by atoms with Crippen LogP contribution >= 0.6 is 0 Å². The SMILES string of the molecule is Cc1ccc2ccccc2c1/N=C/c1cccc(/C=N/c2c(C)ccc3ccccc23)n1. The lowest BCUT2D eigenvalue weighted by Gasteiger charge is -2.06. The van der Waals surface area contributed by atoms with Crippen LogP contribution in [0.5, 0.6) is 0 Å². The maximum Gasteiger partial charge on any atom is 0.0820 e. The molecule has 0 saturated heterocycles. The summed E-state index contributed by atoms with van der Waals surface area (Å²) in [5.74, 6) is 0. The smallest absolute Gasteiger partial charge is 0.0820 e. The van der Waals surface area contributed by atoms with Gasteiger partial charge in [-0.15, -0.1) is 0 Å². The Morgan fingerprint density at radius 3 is 1.50 bits per heavy atom. The molecule has 0 aliphatic heterocycles. The van der Waals surface area contributed by atoms with Crippen LogP contribution in [-0.4, -0.2) is 17.4 Å². The Morgan fingerprint density at radius 2 is 1.00 bits per heavy atom. The molecule has 0 spiro atoms. The maximum atomic E-state index is 4.79. The Bertz CT molecular complexity index is 1390. The van der Waals surface area contributed by atoms with E-state index in [1.807, 2.05) is 54.9 Å². The zero-order chi connectivity index (χ0) is 21.9. The van der Waals surface area contributed by atoms with Gasteiger partial charge in [-0.2, -0.15) is 0 Å². The molecule has 1 heterocycles. The molecule has 0 bridgehead atoms. The minimum Gasteiger partial charge on any atom is -0.254 e. The number of fused-ring (bicyclic) bond motifs is 2. The Balaban J connectivity index is 1.47. The predicted octanol–water partition coefficient (Wildman–Crippen LogP) is 7.51. The first-order valence-corrected chi connectivity index (χ1v) is 10.7. The molecule has 32 heavy (non-hydrogen) atoms. The molecule has 3 nitrogen and oxygen atoms in total. The maximum absolute atomic E-state index is 4.79. The van der Waals surface area contributed by atoms with Crippen LogP contribution in [0.15, 0.2) is 101 Å². The molecule has 5 rings (SSSR count). The van der Waals surface area contributed by atoms with Gasteiger partial charge in [-0.3, -0.25) is 9.98 Å². The van der Waals surface area contributed by atoms with Crippen LogP contribution in [0.3, 0.4) is 0 Å². The average Bonchev–Trinajstić information content (AvgIpc) is 2.83. The minimum atomic E-state index is 0.802. The number of hydrogen-bond acceptors (Lipinski definition) is 3. The summed E-state index contributed by atoms with van der Waals surface area (Å²) in [5.41, 5.74) is 5.85. The third kappa shape index (κ3) is 3.93. The van der Waals surface area contributed by atoms with Crippen molar-refractivity contribution in [2.45, 2.75) is 13.8 Å². The summed E-state index contributed by atoms with van der Waals surface area (Å²) >= 11 is 0. The highest BCUT2D eigenvalue weighted by molar-refractivity contribution is 5.98. The molecule has 1 aromatic heterocycles. The number of benzene rings is 4. The van der Waals surface area contributed by atoms with Gasteiger partial charge < -0.3 is 0 Å². The number of nitrogens with zero attached hydrogens (tertiary/aromatic N) is 3. The fourth-order valence-electron chi connectivity index (χ4n) is 3.95. The quantitative estimate of drug-likeness (QED) is 0.281. The Hall–Kier alpha value is -4.11. The summed E-state index contributed by atoms with van der Waals surface area (Å²) < 4.78 is 0. The van der Waals surface area contributed by atoms with Gasteiger partial charge in [-0.1, -0.05) is 78.9 Å². The molecule has 0 amide bonds. The summed E-state index contributed by atoms with van der Waals surface area (Å²) in [5, 5.41) is 4.66. The molecular weight excluding hydrogens is 390 g/mol. The zero-order valence-corrected chi connectivity index (χ0v) is 18.2. The molecule has 0 aliphatic rings. The molecule has 0 fully saturated rings. The molecule has 154 valence electrons. The van der Waals surface area contributed by atoms with E-state index in [0.717, 1.165) is 44.7 Å². The summed E-state index contributed by atoms with van der Waals surface area (Å²) in [4.78, 5) is 14.3. The lowest BCUT2D eigenvalue weighted by molar-refractivity contribution is 1.27. The monoisotopic (exact) mass is 413 g/mol. The van der Waals surface area contributed by atoms with E-state index in [-0.39, 0.29) is 0 Å². The van der Waals surface area contributed by atoms with Crippen molar-refractivity contribution >= 4 is 45.3 Å². The van der Waals surface area contributed by atoms with Gasteiger partial charge in [-0.05, 0) is 47.9 Å². The van der Waals surface area contributed by atoms with Crippen LogP contribution in [0.2, 0.25) is 0 Å². The van der Waals surface area contributed by atoms with Crippen LogP contribution in [-0.2, 0) is 0 Å². The second-order valence-corrected chi connectivity index (χ2v) is 7.91. The predicted molar refractivity (Wildman–Crippen MR) is 136 cm³/mol. The third-order valence-electron chi connectivity index (χ3n) is 5.65. The Morgan fingerprint density at radius 1 is 0.531 bits per heavy atom. The number of aromatic nitrogens is 1. The molecule has 0 aliphatic carbocycles. The van der Waals surface area contributed by atoms with E-state index < -0.39 is 0 Å². The lowest BCUT2D eigenvalue weighted by atomic mass is 10.1. The first kappa shape index (κ1) is 19.8. The van der Waals surface area contributed by atoms with Gasteiger partial charge in [0.25, 0.3) is 0 Å². The second kappa shape index (κ2) is 8.56. The largest absolute Gasteiger partial charge is 0.254 e. The fraction of sp³-hybridized carbons (Fsp3) is 0.0690. The molecule has 5 aromatic rings. The van der Waals surface area contributed by atoms with Crippen LogP contribution in [0.1, 0.15) is 22.5 Å². The fourth-order valence-corrected chi connectivity index (χ4v) is 3.95. The van der Waals surface area contributed by atoms with Gasteiger partial charge in [-0.25, -0.2) is 4.98 Å². The van der Waals surface area contributed by atoms with Crippen LogP contribution < -0.4 is 0 Å². The number of aryl methyl sites for hydroxylation is 2. The number of rotatable bonds is 4. The van der Waals surface area contributed by atoms with Gasteiger partial charge in [0, 0.05) is 10.8 Å². The van der Waals surface area contributed by atoms with Crippen LogP contribution in [0, 0.1) is 13.8 Å². The van der Waals surface area contributed by atoms with Crippen LogP contribution in [0.25, 0.3) is 21.5 Å². The van der Waals surface area contributed by atoms with Gasteiger partial charge in [0.1, 0.15) is 0 Å². The zero-order valence-electron chi connectivity index (χ0n) is 18.2. The summed E-state index contributed by atoms with van der Waals surface area (Å²) in [6.45, 7) is 4.17. The van der Waals surface area contributed by atoms with Crippen LogP contribution in [0.4, 0.5) is 11.4 Å². The molecule has 0 atom stereocenters. The van der Waals surface area contributed by atoms with E-state index in [9.17, 15) is 0 Å². The van der Waals surface area contributed by atoms with E-state index in [2.05, 4.69) is 62.4 Å². The standard InChI is InChI=1S/C29H23N3/c1-20-14-16-22-8-3-5-12-26(22)28(20)30-18-24-10-7-11-25(32-24)19-31-29-21(2)15-17-23-9-4-6-13-27(23)29/h3-19H,1-2H3/b30-18+,31-19+. The van der Waals surface area contributed by atoms with Gasteiger partial charge in [0.2, 0.25) is 0 Å². The molecule has 0 N–H and O–H groups in total. The summed E-state index contributed by atoms with van der Waals surface area (Å²) in [6.07, 6.45) is 3.66. The van der Waals surface area contributed by atoms with E-state index >= 15 is 0 Å². The molecule has 0 radical (unpaired) electrons. The van der Waals surface area contributed by atoms with E-state index in [4.69, 9.17) is 15.0 Å². The van der Waals surface area contributed by atoms with Crippen molar-refractivity contribution in [2.75, 3.05) is 0 Å². The first-order chi connectivity index (χ1) is 15.7. The summed E-state index contributed by atoms with van der Waals surface area (Å²) in [6, 6.07) is 31.0. The highest BCUT2D eigenvalue weighted by atomic mass is 14.8. The van der Waals surface area contributed by atoms with E-state index in [1.54, 1.807) is 0 Å². The topological polar surface area (TPSA) is 37.6 Å². The van der Waals surface area contributed by atoms with Gasteiger partial charge >= 0.3 is 0 Å². The van der Waals surface area contributed by atoms with Crippen molar-refractivity contribution in [2.24, 2.45) is 9.98 Å². The lowest BCUT2D eigenvalue weighted by Crippen LogP contribution is -1.93. The average molecular weight is 414 g/mol. The molecule has 4 aromatic carbocycles. The number of aliphatic imine (C=N–C) groups is 2. The third-order valence-corrected chi connectivity index (χ3v) is 5.65. The highest BCUT2D eigenvalue weighted by Crippen LogP contribution is 2.30. The van der Waals surface area contributed by atoms with E-state index in [1.165, 1.54) is 10.8 Å². The summed E-state index contributed by atoms with van der Waals surface area (Å²) in [7, 11) is 0.